The summed E-state index contributed by atoms with van der Waals surface area (Å²) in [5.74, 6) is 0. The van der Waals surface area contributed by atoms with Crippen LogP contribution in [0.1, 0.15) is 22.3 Å². The molecule has 0 unspecified atom stereocenters. The second-order valence-electron chi connectivity index (χ2n) is 12.4. The fourth-order valence-electron chi connectivity index (χ4n) is 7.51. The van der Waals surface area contributed by atoms with Gasteiger partial charge in [0.1, 0.15) is 0 Å². The van der Waals surface area contributed by atoms with Crippen LogP contribution in [0.4, 0.5) is 0 Å². The van der Waals surface area contributed by atoms with Crippen LogP contribution in [-0.2, 0) is 5.41 Å². The van der Waals surface area contributed by atoms with E-state index in [1.807, 2.05) is 42.7 Å². The number of benzene rings is 5. The van der Waals surface area contributed by atoms with E-state index in [1.54, 1.807) is 6.20 Å². The number of pyridine rings is 3. The molecule has 49 heavy (non-hydrogen) atoms. The highest BCUT2D eigenvalue weighted by Crippen LogP contribution is 2.56. The average Bonchev–Trinajstić information content (AvgIpc) is 3.50. The highest BCUT2D eigenvalue weighted by Gasteiger charge is 2.45. The molecule has 0 bridgehead atoms. The number of nitrogens with zero attached hydrogens (tertiary/aromatic N) is 3. The standard InChI is InChI=1S/C46H31N3/c1-3-14-41-39(12-1)40-13-2-4-15-42(40)46(41,37-22-18-32(19-23-37)34-10-9-11-36(30-34)43-16-5-7-27-47-43)38-24-20-33(21-25-38)35-26-29-49-45(31-35)44-17-6-8-28-48-44/h1-31H. The van der Waals surface area contributed by atoms with E-state index < -0.39 is 5.41 Å². The first-order valence-corrected chi connectivity index (χ1v) is 16.6. The summed E-state index contributed by atoms with van der Waals surface area (Å²) < 4.78 is 0. The molecule has 0 saturated carbocycles. The molecule has 1 aliphatic rings. The Labute approximate surface area is 286 Å². The summed E-state index contributed by atoms with van der Waals surface area (Å²) in [6.45, 7) is 0. The fraction of sp³-hybridized carbons (Fsp3) is 0.0217. The highest BCUT2D eigenvalue weighted by molar-refractivity contribution is 5.87. The predicted molar refractivity (Wildman–Crippen MR) is 199 cm³/mol. The van der Waals surface area contributed by atoms with Gasteiger partial charge in [0.15, 0.2) is 0 Å². The minimum atomic E-state index is -0.475. The Bertz CT molecular complexity index is 2240. The van der Waals surface area contributed by atoms with Crippen LogP contribution in [0.2, 0.25) is 0 Å². The zero-order chi connectivity index (χ0) is 32.6. The van der Waals surface area contributed by atoms with Gasteiger partial charge in [0.05, 0.1) is 22.5 Å². The molecule has 5 aromatic carbocycles. The summed E-state index contributed by atoms with van der Waals surface area (Å²) in [6, 6.07) is 60.8. The molecule has 0 fully saturated rings. The maximum atomic E-state index is 4.60. The number of hydrogen-bond donors (Lipinski definition) is 0. The van der Waals surface area contributed by atoms with Gasteiger partial charge in [-0.3, -0.25) is 15.0 Å². The third-order valence-corrected chi connectivity index (χ3v) is 9.77. The van der Waals surface area contributed by atoms with Crippen molar-refractivity contribution >= 4 is 0 Å². The summed E-state index contributed by atoms with van der Waals surface area (Å²) in [5, 5.41) is 0. The number of hydrogen-bond acceptors (Lipinski definition) is 3. The van der Waals surface area contributed by atoms with Crippen molar-refractivity contribution in [2.45, 2.75) is 5.41 Å². The fourth-order valence-corrected chi connectivity index (χ4v) is 7.51. The van der Waals surface area contributed by atoms with E-state index in [0.717, 1.165) is 33.8 Å². The monoisotopic (exact) mass is 625 g/mol. The van der Waals surface area contributed by atoms with E-state index in [9.17, 15) is 0 Å². The molecule has 3 heterocycles. The van der Waals surface area contributed by atoms with Crippen molar-refractivity contribution in [1.82, 2.24) is 15.0 Å². The van der Waals surface area contributed by atoms with Crippen LogP contribution in [0, 0.1) is 0 Å². The lowest BCUT2D eigenvalue weighted by molar-refractivity contribution is 0.769. The van der Waals surface area contributed by atoms with Crippen LogP contribution < -0.4 is 0 Å². The van der Waals surface area contributed by atoms with Crippen molar-refractivity contribution in [2.75, 3.05) is 0 Å². The summed E-state index contributed by atoms with van der Waals surface area (Å²) >= 11 is 0. The predicted octanol–water partition coefficient (Wildman–Crippen LogP) is 10.9. The first-order valence-electron chi connectivity index (χ1n) is 16.6. The van der Waals surface area contributed by atoms with Crippen LogP contribution >= 0.6 is 0 Å². The molecule has 3 aromatic heterocycles. The quantitative estimate of drug-likeness (QED) is 0.185. The molecule has 3 nitrogen and oxygen atoms in total. The topological polar surface area (TPSA) is 38.7 Å². The summed E-state index contributed by atoms with van der Waals surface area (Å²) in [6.07, 6.45) is 5.52. The molecular weight excluding hydrogens is 595 g/mol. The van der Waals surface area contributed by atoms with E-state index in [1.165, 1.54) is 44.5 Å². The lowest BCUT2D eigenvalue weighted by Gasteiger charge is -2.34. The summed E-state index contributed by atoms with van der Waals surface area (Å²) in [5.41, 5.74) is 15.6. The van der Waals surface area contributed by atoms with E-state index in [0.29, 0.717) is 0 Å². The third kappa shape index (κ3) is 4.87. The van der Waals surface area contributed by atoms with Gasteiger partial charge in [0.2, 0.25) is 0 Å². The molecule has 0 amide bonds. The number of fused-ring (bicyclic) bond motifs is 3. The van der Waals surface area contributed by atoms with Crippen molar-refractivity contribution in [3.05, 3.63) is 211 Å². The van der Waals surface area contributed by atoms with Crippen molar-refractivity contribution < 1.29 is 0 Å². The van der Waals surface area contributed by atoms with Gasteiger partial charge in [0.25, 0.3) is 0 Å². The van der Waals surface area contributed by atoms with Gasteiger partial charge < -0.3 is 0 Å². The maximum Gasteiger partial charge on any atom is 0.0892 e. The lowest BCUT2D eigenvalue weighted by atomic mass is 9.67. The van der Waals surface area contributed by atoms with Crippen molar-refractivity contribution in [1.29, 1.82) is 0 Å². The van der Waals surface area contributed by atoms with E-state index in [4.69, 9.17) is 0 Å². The smallest absolute Gasteiger partial charge is 0.0892 e. The second kappa shape index (κ2) is 12.0. The zero-order valence-electron chi connectivity index (χ0n) is 26.7. The summed E-state index contributed by atoms with van der Waals surface area (Å²) in [7, 11) is 0. The summed E-state index contributed by atoms with van der Waals surface area (Å²) in [4.78, 5) is 13.7. The Balaban J connectivity index is 1.17. The molecule has 0 radical (unpaired) electrons. The normalized spacial score (nSPS) is 12.7. The Morgan fingerprint density at radius 2 is 0.816 bits per heavy atom. The minimum absolute atomic E-state index is 0.475. The van der Waals surface area contributed by atoms with Crippen molar-refractivity contribution in [3.63, 3.8) is 0 Å². The Morgan fingerprint density at radius 3 is 1.41 bits per heavy atom. The molecule has 0 atom stereocenters. The molecule has 230 valence electrons. The Hall–Kier alpha value is -6.45. The Morgan fingerprint density at radius 1 is 0.306 bits per heavy atom. The van der Waals surface area contributed by atoms with Gasteiger partial charge in [-0.25, -0.2) is 0 Å². The van der Waals surface area contributed by atoms with Gasteiger partial charge in [-0.15, -0.1) is 0 Å². The van der Waals surface area contributed by atoms with E-state index in [2.05, 4.69) is 154 Å². The number of aromatic nitrogens is 3. The van der Waals surface area contributed by atoms with Crippen LogP contribution in [0.5, 0.6) is 0 Å². The minimum Gasteiger partial charge on any atom is -0.256 e. The third-order valence-electron chi connectivity index (χ3n) is 9.77. The van der Waals surface area contributed by atoms with Crippen LogP contribution in [0.25, 0.3) is 56.0 Å². The molecule has 0 saturated heterocycles. The lowest BCUT2D eigenvalue weighted by Crippen LogP contribution is -2.28. The first-order chi connectivity index (χ1) is 24.3. The molecular formula is C46H31N3. The molecule has 1 aliphatic carbocycles. The molecule has 9 rings (SSSR count). The van der Waals surface area contributed by atoms with Crippen LogP contribution in [0.3, 0.4) is 0 Å². The van der Waals surface area contributed by atoms with Crippen molar-refractivity contribution in [2.24, 2.45) is 0 Å². The largest absolute Gasteiger partial charge is 0.256 e. The maximum absolute atomic E-state index is 4.60. The average molecular weight is 626 g/mol. The molecule has 0 spiro atoms. The Kier molecular flexibility index (Phi) is 7.02. The van der Waals surface area contributed by atoms with Crippen LogP contribution in [-0.4, -0.2) is 15.0 Å². The van der Waals surface area contributed by atoms with Gasteiger partial charge in [0, 0.05) is 24.2 Å². The SMILES string of the molecule is c1ccc(-c2cccc(-c3ccc(C4(c5ccc(-c6ccnc(-c7ccccn7)c6)cc5)c5ccccc5-c5ccccc54)cc3)c2)nc1. The van der Waals surface area contributed by atoms with Crippen LogP contribution in [0.15, 0.2) is 188 Å². The van der Waals surface area contributed by atoms with Gasteiger partial charge >= 0.3 is 0 Å². The van der Waals surface area contributed by atoms with E-state index >= 15 is 0 Å². The second-order valence-corrected chi connectivity index (χ2v) is 12.4. The number of rotatable bonds is 6. The highest BCUT2D eigenvalue weighted by atomic mass is 14.8. The van der Waals surface area contributed by atoms with Crippen molar-refractivity contribution in [3.8, 4) is 56.0 Å². The van der Waals surface area contributed by atoms with Gasteiger partial charge in [-0.2, -0.15) is 0 Å². The molecule has 8 aromatic rings. The molecule has 3 heteroatoms. The van der Waals surface area contributed by atoms with Gasteiger partial charge in [-0.1, -0.05) is 127 Å². The molecule has 0 aliphatic heterocycles. The molecule has 0 N–H and O–H groups in total. The first kappa shape index (κ1) is 28.7. The zero-order valence-corrected chi connectivity index (χ0v) is 26.7. The van der Waals surface area contributed by atoms with E-state index in [-0.39, 0.29) is 0 Å². The van der Waals surface area contributed by atoms with Gasteiger partial charge in [-0.05, 0) is 98.1 Å².